The summed E-state index contributed by atoms with van der Waals surface area (Å²) in [6.45, 7) is 17.1. The van der Waals surface area contributed by atoms with E-state index in [0.29, 0.717) is 0 Å². The summed E-state index contributed by atoms with van der Waals surface area (Å²) in [6, 6.07) is 0. The van der Waals surface area contributed by atoms with Crippen LogP contribution in [-0.2, 0) is 0 Å². The summed E-state index contributed by atoms with van der Waals surface area (Å²) in [7, 11) is 0. The SMILES string of the molecule is C=C1/C(=C\C=C(\C)CCCC(C)(C)/C(=C\CC)CCCCC(C)(C)O)CCC[C@@H]1O. The van der Waals surface area contributed by atoms with Crippen molar-refractivity contribution in [1.29, 1.82) is 0 Å². The molecule has 0 aromatic heterocycles. The maximum Gasteiger partial charge on any atom is 0.0787 e. The molecule has 0 heterocycles. The van der Waals surface area contributed by atoms with Gasteiger partial charge in [0.05, 0.1) is 11.7 Å². The lowest BCUT2D eigenvalue weighted by atomic mass is 9.76. The topological polar surface area (TPSA) is 40.5 Å². The van der Waals surface area contributed by atoms with Crippen molar-refractivity contribution in [2.45, 2.75) is 124 Å². The minimum absolute atomic E-state index is 0.227. The molecule has 1 fully saturated rings. The molecule has 30 heavy (non-hydrogen) atoms. The summed E-state index contributed by atoms with van der Waals surface area (Å²) >= 11 is 0. The first kappa shape index (κ1) is 26.9. The van der Waals surface area contributed by atoms with E-state index < -0.39 is 5.60 Å². The van der Waals surface area contributed by atoms with E-state index in [1.807, 2.05) is 13.8 Å². The highest BCUT2D eigenvalue weighted by Crippen LogP contribution is 2.36. The van der Waals surface area contributed by atoms with Crippen molar-refractivity contribution in [1.82, 2.24) is 0 Å². The highest BCUT2D eigenvalue weighted by molar-refractivity contribution is 5.36. The zero-order valence-electron chi connectivity index (χ0n) is 20.7. The van der Waals surface area contributed by atoms with E-state index in [4.69, 9.17) is 0 Å². The maximum atomic E-state index is 9.98. The number of unbranched alkanes of at least 4 members (excludes halogenated alkanes) is 1. The molecule has 1 atom stereocenters. The Morgan fingerprint density at radius 3 is 2.43 bits per heavy atom. The fourth-order valence-corrected chi connectivity index (χ4v) is 4.36. The molecule has 1 aliphatic carbocycles. The van der Waals surface area contributed by atoms with Crippen LogP contribution in [-0.4, -0.2) is 21.9 Å². The van der Waals surface area contributed by atoms with Crippen molar-refractivity contribution in [2.24, 2.45) is 5.41 Å². The molecule has 1 rings (SSSR count). The number of hydrogen-bond donors (Lipinski definition) is 2. The van der Waals surface area contributed by atoms with Gasteiger partial charge in [0.15, 0.2) is 0 Å². The summed E-state index contributed by atoms with van der Waals surface area (Å²) in [5, 5.41) is 19.9. The van der Waals surface area contributed by atoms with Crippen LogP contribution in [0.4, 0.5) is 0 Å². The lowest BCUT2D eigenvalue weighted by molar-refractivity contribution is 0.0681. The van der Waals surface area contributed by atoms with Crippen LogP contribution < -0.4 is 0 Å². The molecule has 0 aliphatic heterocycles. The fraction of sp³-hybridized carbons (Fsp3) is 0.714. The first-order valence-electron chi connectivity index (χ1n) is 12.1. The van der Waals surface area contributed by atoms with E-state index in [1.54, 1.807) is 5.57 Å². The highest BCUT2D eigenvalue weighted by Gasteiger charge is 2.23. The average Bonchev–Trinajstić information content (AvgIpc) is 2.64. The van der Waals surface area contributed by atoms with Crippen LogP contribution in [0.3, 0.4) is 0 Å². The lowest BCUT2D eigenvalue weighted by Crippen LogP contribution is -2.18. The van der Waals surface area contributed by atoms with E-state index in [9.17, 15) is 10.2 Å². The average molecular weight is 417 g/mol. The number of hydrogen-bond acceptors (Lipinski definition) is 2. The molecule has 2 N–H and O–H groups in total. The monoisotopic (exact) mass is 416 g/mol. The molecule has 0 aromatic rings. The third-order valence-electron chi connectivity index (χ3n) is 6.48. The van der Waals surface area contributed by atoms with Gasteiger partial charge in [0.2, 0.25) is 0 Å². The third-order valence-corrected chi connectivity index (χ3v) is 6.48. The Hall–Kier alpha value is -1.12. The zero-order chi connectivity index (χ0) is 22.8. The van der Waals surface area contributed by atoms with Crippen LogP contribution in [0, 0.1) is 5.41 Å². The smallest absolute Gasteiger partial charge is 0.0787 e. The molecule has 1 saturated carbocycles. The molecule has 0 amide bonds. The van der Waals surface area contributed by atoms with Crippen LogP contribution in [0.5, 0.6) is 0 Å². The molecule has 2 nitrogen and oxygen atoms in total. The zero-order valence-corrected chi connectivity index (χ0v) is 20.7. The number of allylic oxidation sites excluding steroid dienone is 5. The summed E-state index contributed by atoms with van der Waals surface area (Å²) in [5.74, 6) is 0. The van der Waals surface area contributed by atoms with Crippen LogP contribution in [0.15, 0.2) is 47.1 Å². The lowest BCUT2D eigenvalue weighted by Gasteiger charge is -2.29. The van der Waals surface area contributed by atoms with Crippen LogP contribution >= 0.6 is 0 Å². The number of aliphatic hydroxyl groups is 2. The molecule has 1 aliphatic rings. The molecule has 0 spiro atoms. The molecule has 0 radical (unpaired) electrons. The van der Waals surface area contributed by atoms with Crippen molar-refractivity contribution >= 4 is 0 Å². The van der Waals surface area contributed by atoms with E-state index in [-0.39, 0.29) is 11.5 Å². The van der Waals surface area contributed by atoms with Gasteiger partial charge in [-0.3, -0.25) is 0 Å². The Bertz CT molecular complexity index is 626. The Morgan fingerprint density at radius 2 is 1.80 bits per heavy atom. The van der Waals surface area contributed by atoms with E-state index >= 15 is 0 Å². The van der Waals surface area contributed by atoms with Crippen molar-refractivity contribution in [3.8, 4) is 0 Å². The van der Waals surface area contributed by atoms with Gasteiger partial charge in [-0.1, -0.05) is 63.1 Å². The summed E-state index contributed by atoms with van der Waals surface area (Å²) < 4.78 is 0. The van der Waals surface area contributed by atoms with Gasteiger partial charge in [0, 0.05) is 0 Å². The van der Waals surface area contributed by atoms with E-state index in [2.05, 4.69) is 52.5 Å². The van der Waals surface area contributed by atoms with Crippen molar-refractivity contribution in [2.75, 3.05) is 0 Å². The predicted octanol–water partition coefficient (Wildman–Crippen LogP) is 7.82. The second-order valence-corrected chi connectivity index (χ2v) is 10.5. The minimum atomic E-state index is -0.550. The minimum Gasteiger partial charge on any atom is -0.390 e. The van der Waals surface area contributed by atoms with Crippen LogP contribution in [0.25, 0.3) is 0 Å². The molecular formula is C28H48O2. The second-order valence-electron chi connectivity index (χ2n) is 10.5. The molecule has 0 saturated heterocycles. The second kappa shape index (κ2) is 12.7. The molecule has 2 heteroatoms. The van der Waals surface area contributed by atoms with Gasteiger partial charge in [-0.2, -0.15) is 0 Å². The normalized spacial score (nSPS) is 20.9. The quantitative estimate of drug-likeness (QED) is 0.251. The van der Waals surface area contributed by atoms with Crippen LogP contribution in [0.2, 0.25) is 0 Å². The summed E-state index contributed by atoms with van der Waals surface area (Å²) in [6.07, 6.45) is 18.2. The molecule has 0 aromatic carbocycles. The molecular weight excluding hydrogens is 368 g/mol. The molecule has 172 valence electrons. The maximum absolute atomic E-state index is 9.98. The Labute approximate surface area is 186 Å². The summed E-state index contributed by atoms with van der Waals surface area (Å²) in [5.41, 5.74) is 4.78. The number of rotatable bonds is 12. The van der Waals surface area contributed by atoms with Crippen LogP contribution in [0.1, 0.15) is 112 Å². The van der Waals surface area contributed by atoms with Crippen molar-refractivity contribution in [3.05, 3.63) is 47.1 Å². The van der Waals surface area contributed by atoms with Crippen molar-refractivity contribution in [3.63, 3.8) is 0 Å². The largest absolute Gasteiger partial charge is 0.390 e. The Balaban J connectivity index is 2.54. The van der Waals surface area contributed by atoms with E-state index in [1.165, 1.54) is 24.0 Å². The van der Waals surface area contributed by atoms with E-state index in [0.717, 1.165) is 63.4 Å². The standard InChI is InChI=1S/C28H48O2/c1-8-13-25(16-9-10-21-28(6,7)30)27(4,5)20-12-14-22(2)18-19-24-15-11-17-26(29)23(24)3/h13,18-19,26,29-30H,3,8-12,14-17,20-21H2,1-2,4-7H3/b22-18-,24-19-,25-13-/t26-/m0/s1. The van der Waals surface area contributed by atoms with Gasteiger partial charge >= 0.3 is 0 Å². The molecule has 0 bridgehead atoms. The summed E-state index contributed by atoms with van der Waals surface area (Å²) in [4.78, 5) is 0. The van der Waals surface area contributed by atoms with Crippen molar-refractivity contribution < 1.29 is 10.2 Å². The number of aliphatic hydroxyl groups excluding tert-OH is 1. The fourth-order valence-electron chi connectivity index (χ4n) is 4.36. The first-order valence-corrected chi connectivity index (χ1v) is 12.1. The third kappa shape index (κ3) is 10.3. The van der Waals surface area contributed by atoms with Gasteiger partial charge < -0.3 is 10.2 Å². The molecule has 0 unspecified atom stereocenters. The van der Waals surface area contributed by atoms with Gasteiger partial charge in [0.25, 0.3) is 0 Å². The first-order chi connectivity index (χ1) is 14.0. The van der Waals surface area contributed by atoms with Gasteiger partial charge in [-0.05, 0) is 102 Å². The van der Waals surface area contributed by atoms with Gasteiger partial charge in [0.1, 0.15) is 0 Å². The highest BCUT2D eigenvalue weighted by atomic mass is 16.3. The predicted molar refractivity (Wildman–Crippen MR) is 132 cm³/mol. The van der Waals surface area contributed by atoms with Gasteiger partial charge in [-0.15, -0.1) is 0 Å². The Kier molecular flexibility index (Phi) is 11.4. The Morgan fingerprint density at radius 1 is 1.10 bits per heavy atom. The van der Waals surface area contributed by atoms with Gasteiger partial charge in [-0.25, -0.2) is 0 Å².